The minimum atomic E-state index is -0.319. The van der Waals surface area contributed by atoms with Crippen LogP contribution in [0.15, 0.2) is 35.4 Å². The van der Waals surface area contributed by atoms with Crippen molar-refractivity contribution in [2.24, 2.45) is 7.05 Å². The largest absolute Gasteiger partial charge is 0.345 e. The van der Waals surface area contributed by atoms with E-state index in [-0.39, 0.29) is 18.0 Å². The standard InChI is InChI=1S/C11H10ClN3O2/c1-14-7-13-15(11(14)17)6-10(16)8-3-2-4-9(12)5-8/h2-5,7H,6H2,1H3. The van der Waals surface area contributed by atoms with Gasteiger partial charge in [-0.3, -0.25) is 9.36 Å². The summed E-state index contributed by atoms with van der Waals surface area (Å²) < 4.78 is 2.43. The first-order chi connectivity index (χ1) is 8.08. The second-order valence-corrected chi connectivity index (χ2v) is 4.05. The highest BCUT2D eigenvalue weighted by Gasteiger charge is 2.10. The molecule has 0 saturated heterocycles. The first-order valence-electron chi connectivity index (χ1n) is 4.95. The number of Topliss-reactive ketones (excluding diaryl/α,β-unsaturated/α-hetero) is 1. The Morgan fingerprint density at radius 3 is 2.82 bits per heavy atom. The van der Waals surface area contributed by atoms with Gasteiger partial charge in [0.05, 0.1) is 0 Å². The number of carbonyl (C=O) groups excluding carboxylic acids is 1. The number of benzene rings is 1. The monoisotopic (exact) mass is 251 g/mol. The van der Waals surface area contributed by atoms with E-state index >= 15 is 0 Å². The maximum atomic E-state index is 11.9. The Balaban J connectivity index is 2.23. The van der Waals surface area contributed by atoms with Crippen molar-refractivity contribution in [3.63, 3.8) is 0 Å². The number of carbonyl (C=O) groups is 1. The molecule has 2 aromatic rings. The van der Waals surface area contributed by atoms with Gasteiger partial charge >= 0.3 is 5.69 Å². The molecule has 0 amide bonds. The molecule has 2 rings (SSSR count). The summed E-state index contributed by atoms with van der Waals surface area (Å²) in [6, 6.07) is 6.60. The molecule has 0 saturated carbocycles. The number of nitrogens with zero attached hydrogens (tertiary/aromatic N) is 3. The third-order valence-corrected chi connectivity index (χ3v) is 2.56. The Hall–Kier alpha value is -1.88. The summed E-state index contributed by atoms with van der Waals surface area (Å²) in [4.78, 5) is 23.3. The third-order valence-electron chi connectivity index (χ3n) is 2.33. The van der Waals surface area contributed by atoms with Gasteiger partial charge in [0.1, 0.15) is 12.9 Å². The predicted octanol–water partition coefficient (Wildman–Crippen LogP) is 1.12. The van der Waals surface area contributed by atoms with Gasteiger partial charge in [0.25, 0.3) is 0 Å². The molecule has 0 unspecified atom stereocenters. The molecule has 0 atom stereocenters. The molecule has 17 heavy (non-hydrogen) atoms. The van der Waals surface area contributed by atoms with Crippen LogP contribution in [0.25, 0.3) is 0 Å². The number of hydrogen-bond donors (Lipinski definition) is 0. The number of aryl methyl sites for hydroxylation is 1. The van der Waals surface area contributed by atoms with E-state index in [1.165, 1.54) is 10.9 Å². The van der Waals surface area contributed by atoms with Gasteiger partial charge in [0, 0.05) is 17.6 Å². The molecule has 0 fully saturated rings. The molecule has 0 spiro atoms. The molecule has 5 nitrogen and oxygen atoms in total. The number of rotatable bonds is 3. The van der Waals surface area contributed by atoms with Gasteiger partial charge in [-0.05, 0) is 12.1 Å². The second-order valence-electron chi connectivity index (χ2n) is 3.62. The summed E-state index contributed by atoms with van der Waals surface area (Å²) in [5.74, 6) is -0.201. The molecule has 0 N–H and O–H groups in total. The van der Waals surface area contributed by atoms with Crippen molar-refractivity contribution in [1.29, 1.82) is 0 Å². The molecule has 0 aliphatic heterocycles. The van der Waals surface area contributed by atoms with Crippen LogP contribution in [-0.4, -0.2) is 20.1 Å². The number of ketones is 1. The molecule has 1 aromatic heterocycles. The lowest BCUT2D eigenvalue weighted by atomic mass is 10.1. The lowest BCUT2D eigenvalue weighted by Crippen LogP contribution is -2.26. The fourth-order valence-electron chi connectivity index (χ4n) is 1.42. The number of halogens is 1. The van der Waals surface area contributed by atoms with Crippen molar-refractivity contribution >= 4 is 17.4 Å². The molecule has 88 valence electrons. The summed E-state index contributed by atoms with van der Waals surface area (Å²) >= 11 is 5.79. The van der Waals surface area contributed by atoms with Crippen LogP contribution in [-0.2, 0) is 13.6 Å². The summed E-state index contributed by atoms with van der Waals surface area (Å²) in [5, 5.41) is 4.31. The summed E-state index contributed by atoms with van der Waals surface area (Å²) in [7, 11) is 1.58. The van der Waals surface area contributed by atoms with E-state index < -0.39 is 0 Å². The van der Waals surface area contributed by atoms with Crippen LogP contribution in [0.3, 0.4) is 0 Å². The first kappa shape index (κ1) is 11.6. The van der Waals surface area contributed by atoms with Crippen LogP contribution in [0.5, 0.6) is 0 Å². The molecule has 1 heterocycles. The predicted molar refractivity (Wildman–Crippen MR) is 63.3 cm³/mol. The zero-order valence-electron chi connectivity index (χ0n) is 9.13. The van der Waals surface area contributed by atoms with Gasteiger partial charge in [0.2, 0.25) is 0 Å². The van der Waals surface area contributed by atoms with Crippen LogP contribution >= 0.6 is 11.6 Å². The van der Waals surface area contributed by atoms with Crippen LogP contribution in [0.1, 0.15) is 10.4 Å². The highest BCUT2D eigenvalue weighted by molar-refractivity contribution is 6.31. The average molecular weight is 252 g/mol. The van der Waals surface area contributed by atoms with E-state index in [1.807, 2.05) is 0 Å². The normalized spacial score (nSPS) is 10.5. The lowest BCUT2D eigenvalue weighted by molar-refractivity contribution is 0.0966. The van der Waals surface area contributed by atoms with E-state index in [0.717, 1.165) is 4.68 Å². The van der Waals surface area contributed by atoms with Crippen LogP contribution < -0.4 is 5.69 Å². The van der Waals surface area contributed by atoms with E-state index in [4.69, 9.17) is 11.6 Å². The second kappa shape index (κ2) is 4.55. The minimum absolute atomic E-state index is 0.0833. The van der Waals surface area contributed by atoms with Crippen molar-refractivity contribution < 1.29 is 4.79 Å². The molecular formula is C11H10ClN3O2. The SMILES string of the molecule is Cn1cnn(CC(=O)c2cccc(Cl)c2)c1=O. The Labute approximate surface area is 102 Å². The first-order valence-corrected chi connectivity index (χ1v) is 5.33. The Kier molecular flexibility index (Phi) is 3.10. The lowest BCUT2D eigenvalue weighted by Gasteiger charge is -2.00. The Bertz CT molecular complexity index is 615. The third kappa shape index (κ3) is 2.45. The fraction of sp³-hybridized carbons (Fsp3) is 0.182. The minimum Gasteiger partial charge on any atom is -0.292 e. The average Bonchev–Trinajstić information content (AvgIpc) is 2.61. The van der Waals surface area contributed by atoms with Crippen LogP contribution in [0.2, 0.25) is 5.02 Å². The van der Waals surface area contributed by atoms with Crippen LogP contribution in [0, 0.1) is 0 Å². The maximum Gasteiger partial charge on any atom is 0.345 e. The number of aromatic nitrogens is 3. The van der Waals surface area contributed by atoms with Crippen molar-refractivity contribution in [2.45, 2.75) is 6.54 Å². The molecule has 0 radical (unpaired) electrons. The zero-order valence-corrected chi connectivity index (χ0v) is 9.89. The summed E-state index contributed by atoms with van der Waals surface area (Å²) in [5.41, 5.74) is 0.149. The smallest absolute Gasteiger partial charge is 0.292 e. The highest BCUT2D eigenvalue weighted by atomic mass is 35.5. The van der Waals surface area contributed by atoms with Gasteiger partial charge in [-0.1, -0.05) is 23.7 Å². The Morgan fingerprint density at radius 2 is 2.24 bits per heavy atom. The topological polar surface area (TPSA) is 56.9 Å². The van der Waals surface area contributed by atoms with Crippen molar-refractivity contribution in [1.82, 2.24) is 14.3 Å². The van der Waals surface area contributed by atoms with Crippen molar-refractivity contribution in [3.05, 3.63) is 51.7 Å². The highest BCUT2D eigenvalue weighted by Crippen LogP contribution is 2.11. The molecule has 0 aliphatic carbocycles. The fourth-order valence-corrected chi connectivity index (χ4v) is 1.61. The Morgan fingerprint density at radius 1 is 1.47 bits per heavy atom. The van der Waals surface area contributed by atoms with Crippen LogP contribution in [0.4, 0.5) is 0 Å². The van der Waals surface area contributed by atoms with E-state index in [0.29, 0.717) is 10.6 Å². The van der Waals surface area contributed by atoms with E-state index in [2.05, 4.69) is 5.10 Å². The maximum absolute atomic E-state index is 11.9. The quantitative estimate of drug-likeness (QED) is 0.768. The van der Waals surface area contributed by atoms with Gasteiger partial charge < -0.3 is 0 Å². The summed E-state index contributed by atoms with van der Waals surface area (Å²) in [6.45, 7) is -0.0833. The molecular weight excluding hydrogens is 242 g/mol. The molecule has 0 bridgehead atoms. The van der Waals surface area contributed by atoms with E-state index in [9.17, 15) is 9.59 Å². The molecule has 6 heteroatoms. The van der Waals surface area contributed by atoms with Gasteiger partial charge in [-0.15, -0.1) is 0 Å². The molecule has 1 aromatic carbocycles. The van der Waals surface area contributed by atoms with Crippen molar-refractivity contribution in [3.8, 4) is 0 Å². The number of hydrogen-bond acceptors (Lipinski definition) is 3. The van der Waals surface area contributed by atoms with Gasteiger partial charge in [-0.2, -0.15) is 5.10 Å². The summed E-state index contributed by atoms with van der Waals surface area (Å²) in [6.07, 6.45) is 1.37. The zero-order chi connectivity index (χ0) is 12.4. The van der Waals surface area contributed by atoms with Gasteiger partial charge in [0.15, 0.2) is 5.78 Å². The van der Waals surface area contributed by atoms with Gasteiger partial charge in [-0.25, -0.2) is 9.48 Å². The van der Waals surface area contributed by atoms with Crippen molar-refractivity contribution in [2.75, 3.05) is 0 Å². The molecule has 0 aliphatic rings. The van der Waals surface area contributed by atoms with E-state index in [1.54, 1.807) is 31.3 Å².